The van der Waals surface area contributed by atoms with Gasteiger partial charge in [0.15, 0.2) is 11.5 Å². The van der Waals surface area contributed by atoms with Crippen molar-refractivity contribution in [1.29, 1.82) is 0 Å². The summed E-state index contributed by atoms with van der Waals surface area (Å²) in [6, 6.07) is 4.72. The second kappa shape index (κ2) is 8.27. The molecular formula is C18H25N3O5. The van der Waals surface area contributed by atoms with Crippen molar-refractivity contribution in [2.45, 2.75) is 26.4 Å². The maximum atomic E-state index is 12.6. The number of urea groups is 1. The van der Waals surface area contributed by atoms with E-state index in [-0.39, 0.29) is 24.6 Å². The molecule has 0 aliphatic carbocycles. The van der Waals surface area contributed by atoms with Crippen molar-refractivity contribution >= 4 is 11.9 Å². The number of benzene rings is 1. The van der Waals surface area contributed by atoms with Crippen molar-refractivity contribution in [2.24, 2.45) is 5.92 Å². The van der Waals surface area contributed by atoms with Crippen LogP contribution in [0.25, 0.3) is 0 Å². The standard InChI is InChI=1S/C18H25N3O5/c1-12(2)16(20-18(23)21-5-7-24-8-6-21)17(22)19-10-13-3-4-14-15(9-13)26-11-25-14/h3-4,9,12,16H,5-8,10-11H2,1-2H3,(H,19,22)(H,20,23)/t16-/m1/s1. The van der Waals surface area contributed by atoms with Crippen molar-refractivity contribution in [2.75, 3.05) is 33.1 Å². The summed E-state index contributed by atoms with van der Waals surface area (Å²) in [4.78, 5) is 26.6. The second-order valence-electron chi connectivity index (χ2n) is 6.68. The molecule has 0 saturated carbocycles. The van der Waals surface area contributed by atoms with Crippen molar-refractivity contribution in [3.8, 4) is 11.5 Å². The highest BCUT2D eigenvalue weighted by molar-refractivity contribution is 5.87. The van der Waals surface area contributed by atoms with Crippen molar-refractivity contribution in [3.05, 3.63) is 23.8 Å². The summed E-state index contributed by atoms with van der Waals surface area (Å²) in [5.74, 6) is 1.15. The normalized spacial score (nSPS) is 17.1. The smallest absolute Gasteiger partial charge is 0.318 e. The predicted molar refractivity (Wildman–Crippen MR) is 94.0 cm³/mol. The Labute approximate surface area is 152 Å². The van der Waals surface area contributed by atoms with E-state index in [1.165, 1.54) is 0 Å². The minimum absolute atomic E-state index is 0.0308. The molecule has 26 heavy (non-hydrogen) atoms. The van der Waals surface area contributed by atoms with Crippen molar-refractivity contribution in [1.82, 2.24) is 15.5 Å². The van der Waals surface area contributed by atoms with Crippen LogP contribution in [0, 0.1) is 5.92 Å². The fourth-order valence-corrected chi connectivity index (χ4v) is 2.88. The first-order valence-corrected chi connectivity index (χ1v) is 8.84. The molecule has 2 aliphatic rings. The van der Waals surface area contributed by atoms with Gasteiger partial charge < -0.3 is 29.7 Å². The van der Waals surface area contributed by atoms with Gasteiger partial charge in [0.25, 0.3) is 0 Å². The molecule has 3 amide bonds. The third-order valence-electron chi connectivity index (χ3n) is 4.43. The molecule has 1 aromatic carbocycles. The number of fused-ring (bicyclic) bond motifs is 1. The van der Waals surface area contributed by atoms with Crippen molar-refractivity contribution in [3.63, 3.8) is 0 Å². The number of carbonyl (C=O) groups is 2. The topological polar surface area (TPSA) is 89.1 Å². The van der Waals surface area contributed by atoms with E-state index in [0.717, 1.165) is 5.56 Å². The van der Waals surface area contributed by atoms with Crippen LogP contribution in [0.2, 0.25) is 0 Å². The fraction of sp³-hybridized carbons (Fsp3) is 0.556. The van der Waals surface area contributed by atoms with Gasteiger partial charge in [-0.3, -0.25) is 4.79 Å². The molecule has 1 atom stereocenters. The molecule has 2 heterocycles. The van der Waals surface area contributed by atoms with E-state index in [9.17, 15) is 9.59 Å². The number of nitrogens with one attached hydrogen (secondary N) is 2. The highest BCUT2D eigenvalue weighted by Gasteiger charge is 2.27. The van der Waals surface area contributed by atoms with Gasteiger partial charge in [-0.05, 0) is 23.6 Å². The number of carbonyl (C=O) groups excluding carboxylic acids is 2. The number of amides is 3. The van der Waals surface area contributed by atoms with Gasteiger partial charge in [-0.1, -0.05) is 19.9 Å². The van der Waals surface area contributed by atoms with Gasteiger partial charge in [-0.25, -0.2) is 4.79 Å². The third-order valence-corrected chi connectivity index (χ3v) is 4.43. The molecule has 0 aromatic heterocycles. The molecule has 0 unspecified atom stereocenters. The lowest BCUT2D eigenvalue weighted by Crippen LogP contribution is -2.55. The Kier molecular flexibility index (Phi) is 5.82. The average molecular weight is 363 g/mol. The molecule has 1 fully saturated rings. The molecule has 1 aromatic rings. The van der Waals surface area contributed by atoms with E-state index in [0.29, 0.717) is 44.3 Å². The summed E-state index contributed by atoms with van der Waals surface area (Å²) in [5.41, 5.74) is 0.907. The first-order valence-electron chi connectivity index (χ1n) is 8.84. The maximum absolute atomic E-state index is 12.6. The van der Waals surface area contributed by atoms with Gasteiger partial charge in [0.05, 0.1) is 13.2 Å². The summed E-state index contributed by atoms with van der Waals surface area (Å²) >= 11 is 0. The minimum Gasteiger partial charge on any atom is -0.454 e. The Bertz CT molecular complexity index is 658. The number of hydrogen-bond acceptors (Lipinski definition) is 5. The highest BCUT2D eigenvalue weighted by atomic mass is 16.7. The maximum Gasteiger partial charge on any atom is 0.318 e. The molecular weight excluding hydrogens is 338 g/mol. The van der Waals surface area contributed by atoms with E-state index >= 15 is 0 Å². The molecule has 0 bridgehead atoms. The average Bonchev–Trinajstić information content (AvgIpc) is 3.12. The summed E-state index contributed by atoms with van der Waals surface area (Å²) in [7, 11) is 0. The van der Waals surface area contributed by atoms with Crippen LogP contribution >= 0.6 is 0 Å². The molecule has 8 nitrogen and oxygen atoms in total. The number of rotatable bonds is 5. The van der Waals surface area contributed by atoms with E-state index in [1.54, 1.807) is 4.90 Å². The lowest BCUT2D eigenvalue weighted by molar-refractivity contribution is -0.124. The fourth-order valence-electron chi connectivity index (χ4n) is 2.88. The van der Waals surface area contributed by atoms with Crippen LogP contribution in [0.4, 0.5) is 4.79 Å². The molecule has 1 saturated heterocycles. The first kappa shape index (κ1) is 18.3. The number of nitrogens with zero attached hydrogens (tertiary/aromatic N) is 1. The van der Waals surface area contributed by atoms with Gasteiger partial charge in [-0.2, -0.15) is 0 Å². The van der Waals surface area contributed by atoms with Crippen molar-refractivity contribution < 1.29 is 23.8 Å². The number of morpholine rings is 1. The summed E-state index contributed by atoms with van der Waals surface area (Å²) in [6.45, 7) is 6.51. The molecule has 142 valence electrons. The van der Waals surface area contributed by atoms with Crippen LogP contribution in [0.1, 0.15) is 19.4 Å². The van der Waals surface area contributed by atoms with E-state index in [1.807, 2.05) is 32.0 Å². The van der Waals surface area contributed by atoms with E-state index in [2.05, 4.69) is 10.6 Å². The lowest BCUT2D eigenvalue weighted by atomic mass is 10.0. The Hall–Kier alpha value is -2.48. The van der Waals surface area contributed by atoms with E-state index < -0.39 is 6.04 Å². The SMILES string of the molecule is CC(C)[C@@H](NC(=O)N1CCOCC1)C(=O)NCc1ccc2c(c1)OCO2. The van der Waals surface area contributed by atoms with Crippen LogP contribution in [-0.4, -0.2) is 56.0 Å². The monoisotopic (exact) mass is 363 g/mol. The molecule has 2 aliphatic heterocycles. The first-order chi connectivity index (χ1) is 12.5. The minimum atomic E-state index is -0.598. The number of hydrogen-bond donors (Lipinski definition) is 2. The number of ether oxygens (including phenoxy) is 3. The largest absolute Gasteiger partial charge is 0.454 e. The predicted octanol–water partition coefficient (Wildman–Crippen LogP) is 1.10. The van der Waals surface area contributed by atoms with Gasteiger partial charge >= 0.3 is 6.03 Å². The Morgan fingerprint density at radius 1 is 1.15 bits per heavy atom. The third kappa shape index (κ3) is 4.37. The Morgan fingerprint density at radius 2 is 1.88 bits per heavy atom. The van der Waals surface area contributed by atoms with Gasteiger partial charge in [-0.15, -0.1) is 0 Å². The second-order valence-corrected chi connectivity index (χ2v) is 6.68. The zero-order chi connectivity index (χ0) is 18.5. The van der Waals surface area contributed by atoms with Crippen LogP contribution in [0.5, 0.6) is 11.5 Å². The zero-order valence-corrected chi connectivity index (χ0v) is 15.1. The molecule has 0 radical (unpaired) electrons. The van der Waals surface area contributed by atoms with Gasteiger partial charge in [0.2, 0.25) is 12.7 Å². The van der Waals surface area contributed by atoms with Gasteiger partial charge in [0, 0.05) is 19.6 Å². The van der Waals surface area contributed by atoms with E-state index in [4.69, 9.17) is 14.2 Å². The Balaban J connectivity index is 1.55. The lowest BCUT2D eigenvalue weighted by Gasteiger charge is -2.30. The Morgan fingerprint density at radius 3 is 2.62 bits per heavy atom. The summed E-state index contributed by atoms with van der Waals surface area (Å²) < 4.78 is 15.9. The van der Waals surface area contributed by atoms with Gasteiger partial charge in [0.1, 0.15) is 6.04 Å². The van der Waals surface area contributed by atoms with Crippen LogP contribution in [0.15, 0.2) is 18.2 Å². The molecule has 0 spiro atoms. The molecule has 3 rings (SSSR count). The zero-order valence-electron chi connectivity index (χ0n) is 15.1. The summed E-state index contributed by atoms with van der Waals surface area (Å²) in [6.07, 6.45) is 0. The molecule has 2 N–H and O–H groups in total. The quantitative estimate of drug-likeness (QED) is 0.818. The van der Waals surface area contributed by atoms with Crippen LogP contribution < -0.4 is 20.1 Å². The van der Waals surface area contributed by atoms with Crippen LogP contribution in [0.3, 0.4) is 0 Å². The molecule has 8 heteroatoms. The highest BCUT2D eigenvalue weighted by Crippen LogP contribution is 2.32. The van der Waals surface area contributed by atoms with Crippen LogP contribution in [-0.2, 0) is 16.1 Å². The summed E-state index contributed by atoms with van der Waals surface area (Å²) in [5, 5.41) is 5.73.